The zero-order valence-corrected chi connectivity index (χ0v) is 15.9. The van der Waals surface area contributed by atoms with Gasteiger partial charge in [-0.25, -0.2) is 17.8 Å². The van der Waals surface area contributed by atoms with Crippen LogP contribution in [0.5, 0.6) is 0 Å². The third kappa shape index (κ3) is 4.25. The van der Waals surface area contributed by atoms with Crippen molar-refractivity contribution in [2.75, 3.05) is 12.3 Å². The van der Waals surface area contributed by atoms with Gasteiger partial charge in [-0.05, 0) is 43.3 Å². The number of benzene rings is 2. The molecule has 1 heterocycles. The lowest BCUT2D eigenvalue weighted by Crippen LogP contribution is -2.36. The number of aryl methyl sites for hydroxylation is 1. The summed E-state index contributed by atoms with van der Waals surface area (Å²) in [5.41, 5.74) is 0.212. The van der Waals surface area contributed by atoms with Crippen LogP contribution in [0.3, 0.4) is 0 Å². The highest BCUT2D eigenvalue weighted by molar-refractivity contribution is 7.91. The largest absolute Gasteiger partial charge is 0.354 e. The number of halogens is 1. The summed E-state index contributed by atoms with van der Waals surface area (Å²) in [5, 5.41) is 2.89. The Hall–Kier alpha value is -3.07. The molecule has 0 saturated carbocycles. The number of carbonyl (C=O) groups excluding carboxylic acids is 1. The maximum Gasteiger partial charge on any atom is 0.261 e. The van der Waals surface area contributed by atoms with Crippen LogP contribution in [0.1, 0.15) is 5.82 Å². The van der Waals surface area contributed by atoms with Crippen LogP contribution < -0.4 is 10.9 Å². The molecular weight excluding hydrogens is 385 g/mol. The highest BCUT2D eigenvalue weighted by Gasteiger charge is 2.16. The zero-order valence-electron chi connectivity index (χ0n) is 15.1. The molecule has 146 valence electrons. The first kappa shape index (κ1) is 19.7. The van der Waals surface area contributed by atoms with Crippen LogP contribution in [0.15, 0.2) is 58.2 Å². The van der Waals surface area contributed by atoms with Gasteiger partial charge in [-0.2, -0.15) is 0 Å². The van der Waals surface area contributed by atoms with Crippen molar-refractivity contribution < 1.29 is 17.6 Å². The molecule has 3 aromatic rings. The number of fused-ring (bicyclic) bond motifs is 1. The van der Waals surface area contributed by atoms with Crippen LogP contribution in [-0.2, 0) is 21.2 Å². The molecule has 9 heteroatoms. The van der Waals surface area contributed by atoms with Crippen LogP contribution in [-0.4, -0.2) is 36.2 Å². The number of para-hydroxylation sites is 1. The molecule has 0 aliphatic rings. The average molecular weight is 403 g/mol. The standard InChI is InChI=1S/C19H18FN3O4S/c1-13-22-17-5-3-2-4-16(17)19(25)23(13)12-18(24)21-10-11-28(26,27)15-8-6-14(20)7-9-15/h2-9H,10-12H2,1H3,(H,21,24). The van der Waals surface area contributed by atoms with Gasteiger partial charge in [0.05, 0.1) is 21.6 Å². The van der Waals surface area contributed by atoms with Gasteiger partial charge in [0, 0.05) is 6.54 Å². The highest BCUT2D eigenvalue weighted by Crippen LogP contribution is 2.11. The van der Waals surface area contributed by atoms with Crippen molar-refractivity contribution in [1.82, 2.24) is 14.9 Å². The van der Waals surface area contributed by atoms with E-state index in [1.165, 1.54) is 16.7 Å². The third-order valence-electron chi connectivity index (χ3n) is 4.22. The van der Waals surface area contributed by atoms with Crippen molar-refractivity contribution in [1.29, 1.82) is 0 Å². The molecule has 1 aromatic heterocycles. The van der Waals surface area contributed by atoms with Crippen LogP contribution in [0.2, 0.25) is 0 Å². The molecule has 0 radical (unpaired) electrons. The molecule has 0 aliphatic carbocycles. The van der Waals surface area contributed by atoms with E-state index in [4.69, 9.17) is 0 Å². The van der Waals surface area contributed by atoms with E-state index in [9.17, 15) is 22.4 Å². The molecule has 0 spiro atoms. The smallest absolute Gasteiger partial charge is 0.261 e. The summed E-state index contributed by atoms with van der Waals surface area (Å²) in [4.78, 5) is 29.0. The van der Waals surface area contributed by atoms with E-state index in [1.807, 2.05) is 0 Å². The van der Waals surface area contributed by atoms with Crippen molar-refractivity contribution in [3.63, 3.8) is 0 Å². The van der Waals surface area contributed by atoms with Gasteiger partial charge in [-0.15, -0.1) is 0 Å². The van der Waals surface area contributed by atoms with Crippen molar-refractivity contribution in [2.24, 2.45) is 0 Å². The number of rotatable bonds is 6. The van der Waals surface area contributed by atoms with Gasteiger partial charge in [0.2, 0.25) is 5.91 Å². The summed E-state index contributed by atoms with van der Waals surface area (Å²) in [6.45, 7) is 1.23. The topological polar surface area (TPSA) is 98.1 Å². The fraction of sp³-hybridized carbons (Fsp3) is 0.211. The third-order valence-corrected chi connectivity index (χ3v) is 5.95. The van der Waals surface area contributed by atoms with Crippen LogP contribution in [0.25, 0.3) is 10.9 Å². The minimum absolute atomic E-state index is 0.0195. The molecule has 0 saturated heterocycles. The highest BCUT2D eigenvalue weighted by atomic mass is 32.2. The number of carbonyl (C=O) groups is 1. The molecule has 0 fully saturated rings. The Bertz CT molecular complexity index is 1190. The summed E-state index contributed by atoms with van der Waals surface area (Å²) < 4.78 is 38.6. The van der Waals surface area contributed by atoms with Crippen LogP contribution in [0.4, 0.5) is 4.39 Å². The number of nitrogens with one attached hydrogen (secondary N) is 1. The molecule has 1 amide bonds. The van der Waals surface area contributed by atoms with Crippen LogP contribution >= 0.6 is 0 Å². The molecule has 0 unspecified atom stereocenters. The molecule has 3 rings (SSSR count). The maximum atomic E-state index is 12.9. The molecule has 28 heavy (non-hydrogen) atoms. The number of hydrogen-bond acceptors (Lipinski definition) is 5. The van der Waals surface area contributed by atoms with Gasteiger partial charge in [0.25, 0.3) is 5.56 Å². The number of amides is 1. The SMILES string of the molecule is Cc1nc2ccccc2c(=O)n1CC(=O)NCCS(=O)(=O)c1ccc(F)cc1. The summed E-state index contributed by atoms with van der Waals surface area (Å²) in [7, 11) is -3.65. The molecule has 1 N–H and O–H groups in total. The number of sulfone groups is 1. The molecule has 2 aromatic carbocycles. The molecule has 0 aliphatic heterocycles. The van der Waals surface area contributed by atoms with E-state index in [1.54, 1.807) is 31.2 Å². The fourth-order valence-electron chi connectivity index (χ4n) is 2.75. The normalized spacial score (nSPS) is 11.5. The second-order valence-corrected chi connectivity index (χ2v) is 8.30. The Morgan fingerprint density at radius 1 is 1.14 bits per heavy atom. The van der Waals surface area contributed by atoms with E-state index in [2.05, 4.69) is 10.3 Å². The minimum Gasteiger partial charge on any atom is -0.354 e. The Labute approximate surface area is 160 Å². The van der Waals surface area contributed by atoms with E-state index in [0.717, 1.165) is 12.1 Å². The number of aromatic nitrogens is 2. The van der Waals surface area contributed by atoms with Gasteiger partial charge in [0.15, 0.2) is 9.84 Å². The lowest BCUT2D eigenvalue weighted by molar-refractivity contribution is -0.121. The Balaban J connectivity index is 1.66. The van der Waals surface area contributed by atoms with E-state index in [-0.39, 0.29) is 29.3 Å². The quantitative estimate of drug-likeness (QED) is 0.628. The van der Waals surface area contributed by atoms with Crippen molar-refractivity contribution in [3.05, 3.63) is 70.5 Å². The van der Waals surface area contributed by atoms with Crippen LogP contribution in [0, 0.1) is 12.7 Å². The molecule has 0 atom stereocenters. The predicted octanol–water partition coefficient (Wildman–Crippen LogP) is 1.43. The van der Waals surface area contributed by atoms with Gasteiger partial charge < -0.3 is 5.32 Å². The van der Waals surface area contributed by atoms with Crippen molar-refractivity contribution in [3.8, 4) is 0 Å². The Kier molecular flexibility index (Phi) is 5.55. The maximum absolute atomic E-state index is 12.9. The van der Waals surface area contributed by atoms with Gasteiger partial charge >= 0.3 is 0 Å². The second kappa shape index (κ2) is 7.89. The molecule has 7 nitrogen and oxygen atoms in total. The first-order valence-electron chi connectivity index (χ1n) is 8.49. The van der Waals surface area contributed by atoms with E-state index >= 15 is 0 Å². The fourth-order valence-corrected chi connectivity index (χ4v) is 3.91. The Morgan fingerprint density at radius 3 is 2.54 bits per heavy atom. The van der Waals surface area contributed by atoms with E-state index in [0.29, 0.717) is 16.7 Å². The summed E-state index contributed by atoms with van der Waals surface area (Å²) in [6, 6.07) is 11.3. The zero-order chi connectivity index (χ0) is 20.3. The molecule has 0 bridgehead atoms. The first-order chi connectivity index (χ1) is 13.3. The van der Waals surface area contributed by atoms with E-state index < -0.39 is 21.6 Å². The Morgan fingerprint density at radius 2 is 1.82 bits per heavy atom. The minimum atomic E-state index is -3.65. The predicted molar refractivity (Wildman–Crippen MR) is 102 cm³/mol. The monoisotopic (exact) mass is 403 g/mol. The summed E-state index contributed by atoms with van der Waals surface area (Å²) in [6.07, 6.45) is 0. The van der Waals surface area contributed by atoms with Gasteiger partial charge in [0.1, 0.15) is 18.2 Å². The average Bonchev–Trinajstić information content (AvgIpc) is 2.65. The van der Waals surface area contributed by atoms with Crippen molar-refractivity contribution >= 4 is 26.6 Å². The second-order valence-electron chi connectivity index (χ2n) is 6.19. The van der Waals surface area contributed by atoms with Gasteiger partial charge in [-0.1, -0.05) is 12.1 Å². The number of nitrogens with zero attached hydrogens (tertiary/aromatic N) is 2. The number of hydrogen-bond donors (Lipinski definition) is 1. The van der Waals surface area contributed by atoms with Gasteiger partial charge in [-0.3, -0.25) is 14.2 Å². The summed E-state index contributed by atoms with van der Waals surface area (Å²) >= 11 is 0. The lowest BCUT2D eigenvalue weighted by Gasteiger charge is -2.11. The molecular formula is C19H18FN3O4S. The lowest BCUT2D eigenvalue weighted by atomic mass is 10.2. The summed E-state index contributed by atoms with van der Waals surface area (Å²) in [5.74, 6) is -0.986. The van der Waals surface area contributed by atoms with Crippen molar-refractivity contribution in [2.45, 2.75) is 18.4 Å². The first-order valence-corrected chi connectivity index (χ1v) is 10.1.